The van der Waals surface area contributed by atoms with Crippen LogP contribution in [0.3, 0.4) is 0 Å². The first-order valence-electron chi connectivity index (χ1n) is 11.8. The molecule has 0 radical (unpaired) electrons. The predicted molar refractivity (Wildman–Crippen MR) is 148 cm³/mol. The largest absolute Gasteiger partial charge is 0.365 e. The van der Waals surface area contributed by atoms with E-state index in [-0.39, 0.29) is 12.5 Å². The Hall–Kier alpha value is -3.47. The van der Waals surface area contributed by atoms with Crippen LogP contribution in [0, 0.1) is 0 Å². The van der Waals surface area contributed by atoms with E-state index in [4.69, 9.17) is 33.2 Å². The van der Waals surface area contributed by atoms with Gasteiger partial charge in [-0.3, -0.25) is 4.79 Å². The monoisotopic (exact) mass is 552 g/mol. The van der Waals surface area contributed by atoms with E-state index < -0.39 is 0 Å². The van der Waals surface area contributed by atoms with E-state index in [2.05, 4.69) is 20.4 Å². The lowest BCUT2D eigenvalue weighted by Gasteiger charge is -2.34. The van der Waals surface area contributed by atoms with Gasteiger partial charge in [-0.1, -0.05) is 41.4 Å². The van der Waals surface area contributed by atoms with Crippen LogP contribution in [0.15, 0.2) is 53.9 Å². The topological polar surface area (TPSA) is 92.1 Å². The molecule has 12 heteroatoms. The van der Waals surface area contributed by atoms with Crippen LogP contribution in [-0.2, 0) is 17.9 Å². The molecule has 0 spiro atoms. The zero-order chi connectivity index (χ0) is 25.4. The molecular weight excluding hydrogens is 531 g/mol. The molecule has 1 aliphatic rings. The summed E-state index contributed by atoms with van der Waals surface area (Å²) in [5.41, 5.74) is 3.38. The van der Waals surface area contributed by atoms with E-state index in [0.717, 1.165) is 32.6 Å². The van der Waals surface area contributed by atoms with Crippen LogP contribution < -0.4 is 10.2 Å². The van der Waals surface area contributed by atoms with Gasteiger partial charge >= 0.3 is 0 Å². The summed E-state index contributed by atoms with van der Waals surface area (Å²) in [4.78, 5) is 27.9. The molecule has 4 heterocycles. The number of benzene rings is 2. The molecule has 0 unspecified atom stereocenters. The zero-order valence-electron chi connectivity index (χ0n) is 19.6. The standard InChI is InChI=1S/C25H22Cl2N8OS/c26-17-6-5-16(18(27)13-17)14-28-24-23-21(7-12-37-23)29-25(30-24)34-10-8-33(9-11-34)22(36)15-35-31-19-3-1-2-4-20(19)32-35/h1-7,12-13H,8-11,14-15H2,(H,28,29,30). The maximum atomic E-state index is 12.9. The minimum atomic E-state index is -0.00337. The lowest BCUT2D eigenvalue weighted by Crippen LogP contribution is -2.50. The van der Waals surface area contributed by atoms with Crippen molar-refractivity contribution in [1.82, 2.24) is 29.9 Å². The van der Waals surface area contributed by atoms with E-state index in [1.165, 1.54) is 4.80 Å². The van der Waals surface area contributed by atoms with Gasteiger partial charge in [0.15, 0.2) is 0 Å². The number of carbonyl (C=O) groups excluding carboxylic acids is 1. The minimum Gasteiger partial charge on any atom is -0.365 e. The summed E-state index contributed by atoms with van der Waals surface area (Å²) in [6.45, 7) is 3.06. The van der Waals surface area contributed by atoms with Crippen molar-refractivity contribution < 1.29 is 4.79 Å². The Kier molecular flexibility index (Phi) is 6.54. The Morgan fingerprint density at radius 3 is 2.43 bits per heavy atom. The highest BCUT2D eigenvalue weighted by molar-refractivity contribution is 7.17. The van der Waals surface area contributed by atoms with Crippen LogP contribution in [-0.4, -0.2) is 61.9 Å². The average molecular weight is 553 g/mol. The molecule has 9 nitrogen and oxygen atoms in total. The van der Waals surface area contributed by atoms with Crippen LogP contribution in [0.5, 0.6) is 0 Å². The fourth-order valence-corrected chi connectivity index (χ4v) is 5.58. The lowest BCUT2D eigenvalue weighted by molar-refractivity contribution is -0.132. The van der Waals surface area contributed by atoms with Crippen LogP contribution in [0.25, 0.3) is 21.3 Å². The van der Waals surface area contributed by atoms with Crippen LogP contribution in [0.2, 0.25) is 10.0 Å². The van der Waals surface area contributed by atoms with E-state index in [1.807, 2.05) is 52.7 Å². The minimum absolute atomic E-state index is 0.00337. The molecule has 0 aliphatic carbocycles. The summed E-state index contributed by atoms with van der Waals surface area (Å²) < 4.78 is 0.988. The number of hydrogen-bond acceptors (Lipinski definition) is 8. The number of carbonyl (C=O) groups is 1. The molecule has 2 aromatic carbocycles. The Morgan fingerprint density at radius 2 is 1.70 bits per heavy atom. The Balaban J connectivity index is 1.13. The molecule has 188 valence electrons. The quantitative estimate of drug-likeness (QED) is 0.326. The SMILES string of the molecule is O=C(Cn1nc2ccccc2n1)N1CCN(c2nc(NCc3ccc(Cl)cc3Cl)c3sccc3n2)CC1. The van der Waals surface area contributed by atoms with Crippen molar-refractivity contribution in [2.24, 2.45) is 0 Å². The summed E-state index contributed by atoms with van der Waals surface area (Å²) in [6, 6.07) is 15.0. The van der Waals surface area contributed by atoms with Crippen molar-refractivity contribution in [2.75, 3.05) is 36.4 Å². The maximum absolute atomic E-state index is 12.9. The zero-order valence-corrected chi connectivity index (χ0v) is 22.0. The molecule has 1 N–H and O–H groups in total. The molecule has 1 saturated heterocycles. The smallest absolute Gasteiger partial charge is 0.246 e. The van der Waals surface area contributed by atoms with Crippen molar-refractivity contribution in [3.05, 3.63) is 69.5 Å². The summed E-state index contributed by atoms with van der Waals surface area (Å²) in [6.07, 6.45) is 0. The Morgan fingerprint density at radius 1 is 0.946 bits per heavy atom. The maximum Gasteiger partial charge on any atom is 0.246 e. The van der Waals surface area contributed by atoms with E-state index >= 15 is 0 Å². The molecule has 6 rings (SSSR count). The highest BCUT2D eigenvalue weighted by atomic mass is 35.5. The van der Waals surface area contributed by atoms with E-state index in [9.17, 15) is 4.79 Å². The first-order chi connectivity index (χ1) is 18.0. The highest BCUT2D eigenvalue weighted by Gasteiger charge is 2.24. The van der Waals surface area contributed by atoms with E-state index in [0.29, 0.717) is 48.7 Å². The van der Waals surface area contributed by atoms with Gasteiger partial charge in [0.2, 0.25) is 11.9 Å². The first kappa shape index (κ1) is 23.9. The summed E-state index contributed by atoms with van der Waals surface area (Å²) in [7, 11) is 0. The number of rotatable bonds is 6. The molecule has 37 heavy (non-hydrogen) atoms. The van der Waals surface area contributed by atoms with Crippen LogP contribution >= 0.6 is 34.5 Å². The molecule has 0 atom stereocenters. The van der Waals surface area contributed by atoms with Crippen molar-refractivity contribution in [3.8, 4) is 0 Å². The fraction of sp³-hybridized carbons (Fsp3) is 0.240. The normalized spacial score (nSPS) is 14.0. The summed E-state index contributed by atoms with van der Waals surface area (Å²) in [5.74, 6) is 1.40. The van der Waals surface area contributed by atoms with Gasteiger partial charge in [-0.2, -0.15) is 20.0 Å². The molecule has 3 aromatic heterocycles. The third-order valence-corrected chi connectivity index (χ3v) is 7.77. The molecule has 0 bridgehead atoms. The number of thiophene rings is 1. The first-order valence-corrected chi connectivity index (χ1v) is 13.4. The third kappa shape index (κ3) is 5.04. The van der Waals surface area contributed by atoms with Gasteiger partial charge in [-0.15, -0.1) is 11.3 Å². The molecular formula is C25H22Cl2N8OS. The average Bonchev–Trinajstić information content (AvgIpc) is 3.54. The predicted octanol–water partition coefficient (Wildman–Crippen LogP) is 4.70. The molecule has 0 saturated carbocycles. The van der Waals surface area contributed by atoms with Gasteiger partial charge in [-0.05, 0) is 41.3 Å². The second-order valence-corrected chi connectivity index (χ2v) is 10.4. The van der Waals surface area contributed by atoms with Crippen molar-refractivity contribution >= 4 is 73.5 Å². The third-order valence-electron chi connectivity index (χ3n) is 6.27. The van der Waals surface area contributed by atoms with Crippen LogP contribution in [0.4, 0.5) is 11.8 Å². The van der Waals surface area contributed by atoms with Gasteiger partial charge in [0.25, 0.3) is 0 Å². The Bertz CT molecular complexity index is 1560. The number of anilines is 2. The fourth-order valence-electron chi connectivity index (χ4n) is 4.31. The molecule has 1 fully saturated rings. The number of nitrogens with zero attached hydrogens (tertiary/aromatic N) is 7. The van der Waals surface area contributed by atoms with Gasteiger partial charge in [0.1, 0.15) is 23.4 Å². The molecule has 1 amide bonds. The molecule has 1 aliphatic heterocycles. The molecule has 5 aromatic rings. The van der Waals surface area contributed by atoms with E-state index in [1.54, 1.807) is 17.4 Å². The van der Waals surface area contributed by atoms with Gasteiger partial charge in [0, 0.05) is 42.8 Å². The van der Waals surface area contributed by atoms with Crippen molar-refractivity contribution in [2.45, 2.75) is 13.1 Å². The summed E-state index contributed by atoms with van der Waals surface area (Å²) in [5, 5.41) is 15.4. The number of aromatic nitrogens is 5. The van der Waals surface area contributed by atoms with Crippen LogP contribution in [0.1, 0.15) is 5.56 Å². The second kappa shape index (κ2) is 10.1. The second-order valence-electron chi connectivity index (χ2n) is 8.68. The summed E-state index contributed by atoms with van der Waals surface area (Å²) >= 11 is 14.0. The Labute approximate surface area is 226 Å². The number of hydrogen-bond donors (Lipinski definition) is 1. The van der Waals surface area contributed by atoms with Crippen molar-refractivity contribution in [3.63, 3.8) is 0 Å². The van der Waals surface area contributed by atoms with Crippen molar-refractivity contribution in [1.29, 1.82) is 0 Å². The number of amides is 1. The lowest BCUT2D eigenvalue weighted by atomic mass is 10.2. The van der Waals surface area contributed by atoms with Gasteiger partial charge in [0.05, 0.1) is 10.2 Å². The number of fused-ring (bicyclic) bond motifs is 2. The van der Waals surface area contributed by atoms with Gasteiger partial charge in [-0.25, -0.2) is 4.98 Å². The highest BCUT2D eigenvalue weighted by Crippen LogP contribution is 2.30. The van der Waals surface area contributed by atoms with Gasteiger partial charge < -0.3 is 15.1 Å². The number of halogens is 2. The number of piperazine rings is 1. The number of nitrogens with one attached hydrogen (secondary N) is 1.